The maximum absolute atomic E-state index is 5.85. The van der Waals surface area contributed by atoms with E-state index in [-0.39, 0.29) is 6.04 Å². The van der Waals surface area contributed by atoms with E-state index in [1.54, 1.807) is 0 Å². The number of hydrogen-bond donors (Lipinski definition) is 1. The molecule has 2 aromatic rings. The second-order valence-corrected chi connectivity index (χ2v) is 4.96. The lowest BCUT2D eigenvalue weighted by molar-refractivity contribution is 0.273. The van der Waals surface area contributed by atoms with Gasteiger partial charge in [-0.3, -0.25) is 0 Å². The Bertz CT molecular complexity index is 510. The minimum absolute atomic E-state index is 0.215. The van der Waals surface area contributed by atoms with Crippen LogP contribution < -0.4 is 10.1 Å². The standard InChI is InChI=1S/C18H23NO/c1-3-8-15-9-7-10-16(13-15)18(19-2)14-20-17-11-5-4-6-12-17/h4-7,9-13,18-19H,3,8,14H2,1-2H3. The molecule has 1 atom stereocenters. The number of benzene rings is 2. The molecule has 20 heavy (non-hydrogen) atoms. The molecule has 0 saturated carbocycles. The van der Waals surface area contributed by atoms with Gasteiger partial charge in [0.15, 0.2) is 0 Å². The maximum Gasteiger partial charge on any atom is 0.119 e. The number of likely N-dealkylation sites (N-methyl/N-ethyl adjacent to an activating group) is 1. The van der Waals surface area contributed by atoms with Crippen molar-refractivity contribution in [3.05, 3.63) is 65.7 Å². The Labute approximate surface area is 121 Å². The number of rotatable bonds is 7. The number of nitrogens with one attached hydrogen (secondary N) is 1. The molecule has 0 spiro atoms. The zero-order valence-corrected chi connectivity index (χ0v) is 12.3. The predicted molar refractivity (Wildman–Crippen MR) is 84.2 cm³/mol. The normalized spacial score (nSPS) is 12.1. The second-order valence-electron chi connectivity index (χ2n) is 4.96. The summed E-state index contributed by atoms with van der Waals surface area (Å²) in [6.07, 6.45) is 2.30. The molecule has 0 fully saturated rings. The molecule has 2 rings (SSSR count). The highest BCUT2D eigenvalue weighted by molar-refractivity contribution is 5.27. The summed E-state index contributed by atoms with van der Waals surface area (Å²) in [6.45, 7) is 2.84. The van der Waals surface area contributed by atoms with Gasteiger partial charge in [0, 0.05) is 0 Å². The van der Waals surface area contributed by atoms with Gasteiger partial charge >= 0.3 is 0 Å². The fourth-order valence-electron chi connectivity index (χ4n) is 2.30. The van der Waals surface area contributed by atoms with Crippen LogP contribution in [0.5, 0.6) is 5.75 Å². The molecule has 0 heterocycles. The second kappa shape index (κ2) is 7.71. The van der Waals surface area contributed by atoms with Crippen LogP contribution in [0.15, 0.2) is 54.6 Å². The first kappa shape index (κ1) is 14.6. The lowest BCUT2D eigenvalue weighted by Gasteiger charge is -2.18. The third-order valence-electron chi connectivity index (χ3n) is 3.40. The average Bonchev–Trinajstić information content (AvgIpc) is 2.50. The molecule has 2 heteroatoms. The van der Waals surface area contributed by atoms with Crippen LogP contribution in [0.4, 0.5) is 0 Å². The number of ether oxygens (including phenoxy) is 1. The van der Waals surface area contributed by atoms with Gasteiger partial charge in [0.1, 0.15) is 12.4 Å². The van der Waals surface area contributed by atoms with E-state index in [2.05, 4.69) is 36.5 Å². The Morgan fingerprint density at radius 2 is 1.85 bits per heavy atom. The topological polar surface area (TPSA) is 21.3 Å². The van der Waals surface area contributed by atoms with Crippen LogP contribution in [0.2, 0.25) is 0 Å². The smallest absolute Gasteiger partial charge is 0.119 e. The van der Waals surface area contributed by atoms with E-state index in [0.717, 1.165) is 12.2 Å². The van der Waals surface area contributed by atoms with Crippen molar-refractivity contribution >= 4 is 0 Å². The molecule has 1 N–H and O–H groups in total. The van der Waals surface area contributed by atoms with Crippen LogP contribution in [-0.4, -0.2) is 13.7 Å². The predicted octanol–water partition coefficient (Wildman–Crippen LogP) is 3.98. The summed E-state index contributed by atoms with van der Waals surface area (Å²) in [4.78, 5) is 0. The van der Waals surface area contributed by atoms with Crippen molar-refractivity contribution in [2.75, 3.05) is 13.7 Å². The van der Waals surface area contributed by atoms with Crippen molar-refractivity contribution in [3.8, 4) is 5.75 Å². The molecule has 0 bridgehead atoms. The van der Waals surface area contributed by atoms with Crippen LogP contribution in [-0.2, 0) is 6.42 Å². The summed E-state index contributed by atoms with van der Waals surface area (Å²) in [5.74, 6) is 0.914. The van der Waals surface area contributed by atoms with Crippen LogP contribution in [0.1, 0.15) is 30.5 Å². The van der Waals surface area contributed by atoms with Crippen molar-refractivity contribution in [1.29, 1.82) is 0 Å². The molecule has 0 aliphatic carbocycles. The first-order valence-corrected chi connectivity index (χ1v) is 7.27. The molecule has 106 valence electrons. The maximum atomic E-state index is 5.85. The summed E-state index contributed by atoms with van der Waals surface area (Å²) in [5, 5.41) is 3.33. The van der Waals surface area contributed by atoms with Gasteiger partial charge in [-0.1, -0.05) is 55.8 Å². The third-order valence-corrected chi connectivity index (χ3v) is 3.40. The summed E-state index contributed by atoms with van der Waals surface area (Å²) < 4.78 is 5.85. The summed E-state index contributed by atoms with van der Waals surface area (Å²) in [7, 11) is 1.98. The van der Waals surface area contributed by atoms with E-state index < -0.39 is 0 Å². The number of hydrogen-bond acceptors (Lipinski definition) is 2. The summed E-state index contributed by atoms with van der Waals surface area (Å²) in [6, 6.07) is 18.9. The largest absolute Gasteiger partial charge is 0.492 e. The zero-order chi connectivity index (χ0) is 14.2. The quantitative estimate of drug-likeness (QED) is 0.821. The fourth-order valence-corrected chi connectivity index (χ4v) is 2.30. The van der Waals surface area contributed by atoms with Crippen molar-refractivity contribution in [2.45, 2.75) is 25.8 Å². The molecule has 0 aromatic heterocycles. The van der Waals surface area contributed by atoms with Gasteiger partial charge in [-0.15, -0.1) is 0 Å². The van der Waals surface area contributed by atoms with Gasteiger partial charge in [-0.25, -0.2) is 0 Å². The summed E-state index contributed by atoms with van der Waals surface area (Å²) in [5.41, 5.74) is 2.68. The Balaban J connectivity index is 2.02. The van der Waals surface area contributed by atoms with E-state index in [1.165, 1.54) is 17.5 Å². The Hall–Kier alpha value is -1.80. The average molecular weight is 269 g/mol. The monoisotopic (exact) mass is 269 g/mol. The van der Waals surface area contributed by atoms with Gasteiger partial charge < -0.3 is 10.1 Å². The van der Waals surface area contributed by atoms with E-state index in [9.17, 15) is 0 Å². The number of para-hydroxylation sites is 1. The Kier molecular flexibility index (Phi) is 5.63. The highest BCUT2D eigenvalue weighted by Crippen LogP contribution is 2.18. The first-order chi connectivity index (χ1) is 9.83. The molecule has 0 aliphatic heterocycles. The minimum atomic E-state index is 0.215. The van der Waals surface area contributed by atoms with Crippen molar-refractivity contribution in [3.63, 3.8) is 0 Å². The molecule has 0 radical (unpaired) electrons. The van der Waals surface area contributed by atoms with E-state index in [1.807, 2.05) is 37.4 Å². The highest BCUT2D eigenvalue weighted by Gasteiger charge is 2.10. The van der Waals surface area contributed by atoms with Gasteiger partial charge in [0.05, 0.1) is 6.04 Å². The third kappa shape index (κ3) is 4.10. The molecule has 0 saturated heterocycles. The SMILES string of the molecule is CCCc1cccc(C(COc2ccccc2)NC)c1. The van der Waals surface area contributed by atoms with E-state index in [4.69, 9.17) is 4.74 Å². The zero-order valence-electron chi connectivity index (χ0n) is 12.3. The van der Waals surface area contributed by atoms with Crippen molar-refractivity contribution < 1.29 is 4.74 Å². The van der Waals surface area contributed by atoms with Gasteiger partial charge in [-0.05, 0) is 36.7 Å². The lowest BCUT2D eigenvalue weighted by atomic mass is 10.0. The molecular weight excluding hydrogens is 246 g/mol. The fraction of sp³-hybridized carbons (Fsp3) is 0.333. The Morgan fingerprint density at radius 3 is 2.55 bits per heavy atom. The first-order valence-electron chi connectivity index (χ1n) is 7.27. The summed E-state index contributed by atoms with van der Waals surface area (Å²) >= 11 is 0. The molecular formula is C18H23NO. The molecule has 0 aliphatic rings. The van der Waals surface area contributed by atoms with Crippen LogP contribution >= 0.6 is 0 Å². The van der Waals surface area contributed by atoms with Crippen LogP contribution in [0.25, 0.3) is 0 Å². The Morgan fingerprint density at radius 1 is 1.05 bits per heavy atom. The van der Waals surface area contributed by atoms with Crippen molar-refractivity contribution in [1.82, 2.24) is 5.32 Å². The molecule has 0 amide bonds. The van der Waals surface area contributed by atoms with E-state index >= 15 is 0 Å². The minimum Gasteiger partial charge on any atom is -0.492 e. The van der Waals surface area contributed by atoms with Gasteiger partial charge in [0.25, 0.3) is 0 Å². The van der Waals surface area contributed by atoms with E-state index in [0.29, 0.717) is 6.61 Å². The number of aryl methyl sites for hydroxylation is 1. The van der Waals surface area contributed by atoms with Gasteiger partial charge in [0.2, 0.25) is 0 Å². The molecule has 1 unspecified atom stereocenters. The highest BCUT2D eigenvalue weighted by atomic mass is 16.5. The van der Waals surface area contributed by atoms with Crippen LogP contribution in [0, 0.1) is 0 Å². The van der Waals surface area contributed by atoms with Crippen molar-refractivity contribution in [2.24, 2.45) is 0 Å². The molecule has 2 nitrogen and oxygen atoms in total. The van der Waals surface area contributed by atoms with Gasteiger partial charge in [-0.2, -0.15) is 0 Å². The molecule has 2 aromatic carbocycles. The van der Waals surface area contributed by atoms with Crippen LogP contribution in [0.3, 0.4) is 0 Å². The lowest BCUT2D eigenvalue weighted by Crippen LogP contribution is -2.23.